The van der Waals surface area contributed by atoms with Crippen molar-refractivity contribution in [2.75, 3.05) is 13.1 Å². The Bertz CT molecular complexity index is 861. The van der Waals surface area contributed by atoms with Gasteiger partial charge < -0.3 is 5.32 Å². The van der Waals surface area contributed by atoms with E-state index < -0.39 is 10.5 Å². The predicted molar refractivity (Wildman–Crippen MR) is 81.2 cm³/mol. The summed E-state index contributed by atoms with van der Waals surface area (Å²) >= 11 is 0. The minimum Gasteiger partial charge on any atom is -0.317 e. The normalized spacial score (nSPS) is 16.0. The van der Waals surface area contributed by atoms with Crippen molar-refractivity contribution < 1.29 is 4.92 Å². The van der Waals surface area contributed by atoms with Gasteiger partial charge in [-0.15, -0.1) is 0 Å². The van der Waals surface area contributed by atoms with Gasteiger partial charge in [-0.05, 0) is 32.0 Å². The van der Waals surface area contributed by atoms with Crippen LogP contribution >= 0.6 is 0 Å². The monoisotopic (exact) mass is 304 g/mol. The Balaban J connectivity index is 2.30. The van der Waals surface area contributed by atoms with Crippen molar-refractivity contribution in [1.29, 1.82) is 0 Å². The Morgan fingerprint density at radius 3 is 2.59 bits per heavy atom. The standard InChI is InChI=1S/C14H16N4O4/c1-16-12-3-2-10(18(21)22)8-11(12)13(19)17(14(16)20)9-4-6-15-7-5-9/h2-3,8-9,15H,4-7H2,1H3. The summed E-state index contributed by atoms with van der Waals surface area (Å²) in [6, 6.07) is 3.82. The number of nitro benzene ring substituents is 1. The van der Waals surface area contributed by atoms with Crippen molar-refractivity contribution in [3.8, 4) is 0 Å². The van der Waals surface area contributed by atoms with E-state index in [1.165, 1.54) is 27.3 Å². The minimum absolute atomic E-state index is 0.153. The third kappa shape index (κ3) is 2.21. The molecule has 0 bridgehead atoms. The van der Waals surface area contributed by atoms with Gasteiger partial charge in [0.25, 0.3) is 11.2 Å². The molecule has 22 heavy (non-hydrogen) atoms. The lowest BCUT2D eigenvalue weighted by atomic mass is 10.1. The van der Waals surface area contributed by atoms with Crippen molar-refractivity contribution in [1.82, 2.24) is 14.5 Å². The molecule has 0 saturated carbocycles. The fourth-order valence-corrected chi connectivity index (χ4v) is 2.97. The van der Waals surface area contributed by atoms with Crippen molar-refractivity contribution in [3.63, 3.8) is 0 Å². The molecule has 116 valence electrons. The summed E-state index contributed by atoms with van der Waals surface area (Å²) in [4.78, 5) is 35.5. The molecule has 8 nitrogen and oxygen atoms in total. The van der Waals surface area contributed by atoms with Crippen molar-refractivity contribution in [3.05, 3.63) is 49.2 Å². The first-order chi connectivity index (χ1) is 10.5. The lowest BCUT2D eigenvalue weighted by molar-refractivity contribution is -0.384. The summed E-state index contributed by atoms with van der Waals surface area (Å²) in [6.07, 6.45) is 1.38. The molecule has 3 rings (SSSR count). The quantitative estimate of drug-likeness (QED) is 0.644. The Hall–Kier alpha value is -2.48. The van der Waals surface area contributed by atoms with Crippen molar-refractivity contribution >= 4 is 16.6 Å². The second-order valence-electron chi connectivity index (χ2n) is 5.46. The van der Waals surface area contributed by atoms with E-state index in [0.717, 1.165) is 13.1 Å². The third-order valence-corrected chi connectivity index (χ3v) is 4.17. The molecule has 0 amide bonds. The van der Waals surface area contributed by atoms with Crippen LogP contribution in [-0.2, 0) is 7.05 Å². The SMILES string of the molecule is Cn1c(=O)n(C2CCNCC2)c(=O)c2cc([N+](=O)[O-])ccc21. The molecule has 1 aliphatic heterocycles. The van der Waals surface area contributed by atoms with Crippen LogP contribution in [0.25, 0.3) is 10.9 Å². The molecule has 1 saturated heterocycles. The van der Waals surface area contributed by atoms with Gasteiger partial charge in [0, 0.05) is 25.2 Å². The van der Waals surface area contributed by atoms with Gasteiger partial charge >= 0.3 is 5.69 Å². The van der Waals surface area contributed by atoms with Crippen LogP contribution in [0.3, 0.4) is 0 Å². The van der Waals surface area contributed by atoms with Crippen LogP contribution in [0.15, 0.2) is 27.8 Å². The number of aryl methyl sites for hydroxylation is 1. The van der Waals surface area contributed by atoms with Gasteiger partial charge in [0.15, 0.2) is 0 Å². The first-order valence-electron chi connectivity index (χ1n) is 7.11. The maximum absolute atomic E-state index is 12.7. The summed E-state index contributed by atoms with van der Waals surface area (Å²) in [5.41, 5.74) is -0.571. The molecule has 1 fully saturated rings. The number of nitro groups is 1. The fraction of sp³-hybridized carbons (Fsp3) is 0.429. The Labute approximate surface area is 125 Å². The predicted octanol–water partition coefficient (Wildman–Crippen LogP) is 0.533. The molecule has 1 aromatic heterocycles. The zero-order valence-electron chi connectivity index (χ0n) is 12.1. The van der Waals surface area contributed by atoms with Gasteiger partial charge in [0.2, 0.25) is 0 Å². The molecule has 0 unspecified atom stereocenters. The lowest BCUT2D eigenvalue weighted by Crippen LogP contribution is -2.44. The Kier molecular flexibility index (Phi) is 3.53. The molecule has 0 spiro atoms. The van der Waals surface area contributed by atoms with E-state index in [0.29, 0.717) is 18.4 Å². The molecule has 2 heterocycles. The highest BCUT2D eigenvalue weighted by Gasteiger charge is 2.22. The van der Waals surface area contributed by atoms with Crippen LogP contribution in [0, 0.1) is 10.1 Å². The smallest absolute Gasteiger partial charge is 0.317 e. The van der Waals surface area contributed by atoms with Crippen LogP contribution in [0.5, 0.6) is 0 Å². The van der Waals surface area contributed by atoms with Gasteiger partial charge in [-0.3, -0.25) is 24.0 Å². The van der Waals surface area contributed by atoms with Crippen LogP contribution in [-0.4, -0.2) is 27.1 Å². The van der Waals surface area contributed by atoms with Gasteiger partial charge in [-0.1, -0.05) is 0 Å². The minimum atomic E-state index is -0.543. The number of non-ortho nitro benzene ring substituents is 1. The summed E-state index contributed by atoms with van der Waals surface area (Å²) in [6.45, 7) is 1.49. The Morgan fingerprint density at radius 1 is 1.27 bits per heavy atom. The maximum Gasteiger partial charge on any atom is 0.331 e. The number of nitrogens with zero attached hydrogens (tertiary/aromatic N) is 3. The largest absolute Gasteiger partial charge is 0.331 e. The molecular weight excluding hydrogens is 288 g/mol. The molecule has 0 radical (unpaired) electrons. The van der Waals surface area contributed by atoms with Crippen molar-refractivity contribution in [2.24, 2.45) is 7.05 Å². The summed E-state index contributed by atoms with van der Waals surface area (Å²) in [5.74, 6) is 0. The van der Waals surface area contributed by atoms with Crippen LogP contribution in [0.1, 0.15) is 18.9 Å². The number of piperidine rings is 1. The number of hydrogen-bond donors (Lipinski definition) is 1. The highest BCUT2D eigenvalue weighted by molar-refractivity contribution is 5.80. The Morgan fingerprint density at radius 2 is 1.95 bits per heavy atom. The van der Waals surface area contributed by atoms with Gasteiger partial charge in [0.1, 0.15) is 0 Å². The van der Waals surface area contributed by atoms with E-state index >= 15 is 0 Å². The molecule has 1 aromatic carbocycles. The number of hydrogen-bond acceptors (Lipinski definition) is 5. The van der Waals surface area contributed by atoms with Crippen molar-refractivity contribution in [2.45, 2.75) is 18.9 Å². The zero-order valence-corrected chi connectivity index (χ0v) is 12.1. The molecule has 2 aromatic rings. The lowest BCUT2D eigenvalue weighted by Gasteiger charge is -2.24. The highest BCUT2D eigenvalue weighted by atomic mass is 16.6. The maximum atomic E-state index is 12.7. The van der Waals surface area contributed by atoms with Gasteiger partial charge in [-0.2, -0.15) is 0 Å². The van der Waals surface area contributed by atoms with E-state index in [1.807, 2.05) is 0 Å². The third-order valence-electron chi connectivity index (χ3n) is 4.17. The number of benzene rings is 1. The molecular formula is C14H16N4O4. The second kappa shape index (κ2) is 5.38. The van der Waals surface area contributed by atoms with E-state index in [4.69, 9.17) is 0 Å². The average Bonchev–Trinajstić information content (AvgIpc) is 2.53. The molecule has 8 heteroatoms. The molecule has 0 atom stereocenters. The van der Waals surface area contributed by atoms with E-state index in [2.05, 4.69) is 5.32 Å². The second-order valence-corrected chi connectivity index (χ2v) is 5.46. The molecule has 1 N–H and O–H groups in total. The number of rotatable bonds is 2. The number of fused-ring (bicyclic) bond motifs is 1. The van der Waals surface area contributed by atoms with Crippen LogP contribution < -0.4 is 16.6 Å². The topological polar surface area (TPSA) is 99.2 Å². The fourth-order valence-electron chi connectivity index (χ4n) is 2.97. The van der Waals surface area contributed by atoms with E-state index in [9.17, 15) is 19.7 Å². The van der Waals surface area contributed by atoms with E-state index in [1.54, 1.807) is 7.05 Å². The number of aromatic nitrogens is 2. The molecule has 1 aliphatic rings. The number of nitrogens with one attached hydrogen (secondary N) is 1. The average molecular weight is 304 g/mol. The summed E-state index contributed by atoms with van der Waals surface area (Å²) in [7, 11) is 1.58. The summed E-state index contributed by atoms with van der Waals surface area (Å²) in [5, 5.41) is 14.3. The first-order valence-corrected chi connectivity index (χ1v) is 7.11. The highest BCUT2D eigenvalue weighted by Crippen LogP contribution is 2.19. The molecule has 0 aliphatic carbocycles. The zero-order chi connectivity index (χ0) is 15.9. The van der Waals surface area contributed by atoms with Crippen LogP contribution in [0.4, 0.5) is 5.69 Å². The summed E-state index contributed by atoms with van der Waals surface area (Å²) < 4.78 is 2.62. The van der Waals surface area contributed by atoms with Crippen LogP contribution in [0.2, 0.25) is 0 Å². The first kappa shape index (κ1) is 14.5. The van der Waals surface area contributed by atoms with Gasteiger partial charge in [-0.25, -0.2) is 4.79 Å². The van der Waals surface area contributed by atoms with Gasteiger partial charge in [0.05, 0.1) is 15.8 Å². The van der Waals surface area contributed by atoms with E-state index in [-0.39, 0.29) is 22.8 Å².